The average Bonchev–Trinajstić information content (AvgIpc) is 2.85. The molecule has 4 nitrogen and oxygen atoms in total. The van der Waals surface area contributed by atoms with Gasteiger partial charge in [-0.3, -0.25) is 9.59 Å². The Bertz CT molecular complexity index is 1120. The van der Waals surface area contributed by atoms with E-state index in [4.69, 9.17) is 11.6 Å². The molecule has 0 aliphatic rings. The molecule has 2 atom stereocenters. The van der Waals surface area contributed by atoms with Gasteiger partial charge in [0.1, 0.15) is 17.7 Å². The van der Waals surface area contributed by atoms with Crippen molar-refractivity contribution in [1.82, 2.24) is 10.2 Å². The summed E-state index contributed by atoms with van der Waals surface area (Å²) in [5.41, 5.74) is 1.59. The van der Waals surface area contributed by atoms with Gasteiger partial charge in [-0.25, -0.2) is 8.78 Å². The summed E-state index contributed by atoms with van der Waals surface area (Å²) < 4.78 is 28.0. The van der Waals surface area contributed by atoms with Crippen LogP contribution < -0.4 is 5.32 Å². The Morgan fingerprint density at radius 2 is 1.63 bits per heavy atom. The third-order valence-corrected chi connectivity index (χ3v) is 6.28. The number of amides is 2. The van der Waals surface area contributed by atoms with E-state index in [0.29, 0.717) is 5.56 Å². The molecule has 0 bridgehead atoms. The number of benzene rings is 3. The van der Waals surface area contributed by atoms with Crippen molar-refractivity contribution < 1.29 is 18.4 Å². The molecule has 0 unspecified atom stereocenters. The first kappa shape index (κ1) is 26.4. The number of nitrogens with zero attached hydrogens (tertiary/aromatic N) is 1. The minimum atomic E-state index is -0.866. The van der Waals surface area contributed by atoms with Crippen LogP contribution in [0.3, 0.4) is 0 Å². The zero-order chi connectivity index (χ0) is 25.4. The summed E-state index contributed by atoms with van der Waals surface area (Å²) in [7, 11) is 0. The predicted molar refractivity (Wildman–Crippen MR) is 134 cm³/mol. The molecule has 0 aromatic heterocycles. The van der Waals surface area contributed by atoms with E-state index in [9.17, 15) is 18.4 Å². The number of hydrogen-bond acceptors (Lipinski definition) is 2. The van der Waals surface area contributed by atoms with Crippen LogP contribution in [0.5, 0.6) is 0 Å². The van der Waals surface area contributed by atoms with Crippen molar-refractivity contribution in [3.8, 4) is 0 Å². The molecule has 0 radical (unpaired) electrons. The lowest BCUT2D eigenvalue weighted by Crippen LogP contribution is -2.52. The summed E-state index contributed by atoms with van der Waals surface area (Å²) >= 11 is 6.18. The molecule has 0 spiro atoms. The lowest BCUT2D eigenvalue weighted by atomic mass is 10.0. The summed E-state index contributed by atoms with van der Waals surface area (Å²) in [6.45, 7) is 3.90. The lowest BCUT2D eigenvalue weighted by Gasteiger charge is -2.32. The standard InChI is InChI=1S/C28H29ClF2N2O2/c1-3-19(2)32-28(35)26(16-20-8-5-4-6-9-20)33(18-21-12-14-22(30)15-13-21)27(34)17-23-24(29)10-7-11-25(23)31/h4-15,19,26H,3,16-18H2,1-2H3,(H,32,35)/t19-,26-/m1/s1. The van der Waals surface area contributed by atoms with Crippen molar-refractivity contribution >= 4 is 23.4 Å². The minimum Gasteiger partial charge on any atom is -0.352 e. The van der Waals surface area contributed by atoms with Crippen molar-refractivity contribution in [2.24, 2.45) is 0 Å². The lowest BCUT2D eigenvalue weighted by molar-refractivity contribution is -0.141. The second-order valence-electron chi connectivity index (χ2n) is 8.55. The van der Waals surface area contributed by atoms with Gasteiger partial charge < -0.3 is 10.2 Å². The molecule has 2 amide bonds. The van der Waals surface area contributed by atoms with Crippen molar-refractivity contribution in [2.45, 2.75) is 51.7 Å². The Kier molecular flexibility index (Phi) is 9.38. The number of nitrogens with one attached hydrogen (secondary N) is 1. The van der Waals surface area contributed by atoms with Crippen LogP contribution in [0.2, 0.25) is 5.02 Å². The Morgan fingerprint density at radius 3 is 2.26 bits per heavy atom. The van der Waals surface area contributed by atoms with E-state index < -0.39 is 23.6 Å². The third-order valence-electron chi connectivity index (χ3n) is 5.93. The van der Waals surface area contributed by atoms with Gasteiger partial charge in [0.2, 0.25) is 11.8 Å². The Morgan fingerprint density at radius 1 is 0.943 bits per heavy atom. The zero-order valence-electron chi connectivity index (χ0n) is 19.8. The first-order valence-corrected chi connectivity index (χ1v) is 12.0. The first-order chi connectivity index (χ1) is 16.8. The normalized spacial score (nSPS) is 12.6. The topological polar surface area (TPSA) is 49.4 Å². The molecular weight excluding hydrogens is 470 g/mol. The highest BCUT2D eigenvalue weighted by atomic mass is 35.5. The fourth-order valence-electron chi connectivity index (χ4n) is 3.74. The molecule has 0 saturated heterocycles. The highest BCUT2D eigenvalue weighted by Crippen LogP contribution is 2.22. The average molecular weight is 499 g/mol. The van der Waals surface area contributed by atoms with Crippen LogP contribution in [0.4, 0.5) is 8.78 Å². The van der Waals surface area contributed by atoms with Gasteiger partial charge in [-0.05, 0) is 48.7 Å². The van der Waals surface area contributed by atoms with E-state index >= 15 is 0 Å². The Hall–Kier alpha value is -3.25. The van der Waals surface area contributed by atoms with Crippen molar-refractivity contribution in [2.75, 3.05) is 0 Å². The van der Waals surface area contributed by atoms with Gasteiger partial charge in [-0.15, -0.1) is 0 Å². The zero-order valence-corrected chi connectivity index (χ0v) is 20.6. The largest absolute Gasteiger partial charge is 0.352 e. The van der Waals surface area contributed by atoms with Crippen molar-refractivity contribution in [3.05, 3.63) is 106 Å². The summed E-state index contributed by atoms with van der Waals surface area (Å²) in [4.78, 5) is 28.5. The summed E-state index contributed by atoms with van der Waals surface area (Å²) in [6.07, 6.45) is 0.677. The molecule has 3 aromatic rings. The molecule has 0 aliphatic carbocycles. The van der Waals surface area contributed by atoms with E-state index in [1.54, 1.807) is 12.1 Å². The van der Waals surface area contributed by atoms with Crippen LogP contribution in [0.15, 0.2) is 72.8 Å². The molecule has 1 N–H and O–H groups in total. The molecule has 35 heavy (non-hydrogen) atoms. The van der Waals surface area contributed by atoms with Gasteiger partial charge in [0.15, 0.2) is 0 Å². The van der Waals surface area contributed by atoms with Gasteiger partial charge in [0, 0.05) is 29.6 Å². The molecule has 0 aliphatic heterocycles. The van der Waals surface area contributed by atoms with Crippen LogP contribution in [-0.4, -0.2) is 28.8 Å². The van der Waals surface area contributed by atoms with Crippen molar-refractivity contribution in [1.29, 1.82) is 0 Å². The molecule has 7 heteroatoms. The Balaban J connectivity index is 2.00. The van der Waals surface area contributed by atoms with E-state index in [2.05, 4.69) is 5.32 Å². The van der Waals surface area contributed by atoms with Crippen LogP contribution in [0.25, 0.3) is 0 Å². The SMILES string of the molecule is CC[C@@H](C)NC(=O)[C@@H](Cc1ccccc1)N(Cc1ccc(F)cc1)C(=O)Cc1c(F)cccc1Cl. The van der Waals surface area contributed by atoms with E-state index in [-0.39, 0.29) is 41.9 Å². The maximum atomic E-state index is 14.5. The summed E-state index contributed by atoms with van der Waals surface area (Å²) in [5.74, 6) is -1.75. The van der Waals surface area contributed by atoms with Gasteiger partial charge in [0.05, 0.1) is 6.42 Å². The van der Waals surface area contributed by atoms with Gasteiger partial charge in [-0.2, -0.15) is 0 Å². The van der Waals surface area contributed by atoms with E-state index in [0.717, 1.165) is 12.0 Å². The smallest absolute Gasteiger partial charge is 0.243 e. The number of hydrogen-bond donors (Lipinski definition) is 1. The van der Waals surface area contributed by atoms with Gasteiger partial charge >= 0.3 is 0 Å². The highest BCUT2D eigenvalue weighted by Gasteiger charge is 2.31. The van der Waals surface area contributed by atoms with E-state index in [1.165, 1.54) is 35.2 Å². The fraction of sp³-hybridized carbons (Fsp3) is 0.286. The molecule has 0 heterocycles. The van der Waals surface area contributed by atoms with Crippen LogP contribution in [-0.2, 0) is 29.0 Å². The molecule has 0 fully saturated rings. The molecular formula is C28H29ClF2N2O2. The van der Waals surface area contributed by atoms with Gasteiger partial charge in [-0.1, -0.05) is 67.1 Å². The number of carbonyl (C=O) groups excluding carboxylic acids is 2. The molecule has 0 saturated carbocycles. The fourth-order valence-corrected chi connectivity index (χ4v) is 3.97. The van der Waals surface area contributed by atoms with Crippen LogP contribution in [0.1, 0.15) is 37.0 Å². The first-order valence-electron chi connectivity index (χ1n) is 11.6. The van der Waals surface area contributed by atoms with Crippen molar-refractivity contribution in [3.63, 3.8) is 0 Å². The third kappa shape index (κ3) is 7.36. The second-order valence-corrected chi connectivity index (χ2v) is 8.96. The highest BCUT2D eigenvalue weighted by molar-refractivity contribution is 6.31. The monoisotopic (exact) mass is 498 g/mol. The maximum Gasteiger partial charge on any atom is 0.243 e. The molecule has 3 aromatic carbocycles. The van der Waals surface area contributed by atoms with E-state index in [1.807, 2.05) is 44.2 Å². The number of carbonyl (C=O) groups is 2. The quantitative estimate of drug-likeness (QED) is 0.389. The number of rotatable bonds is 10. The summed E-state index contributed by atoms with van der Waals surface area (Å²) in [6, 6.07) is 18.4. The van der Waals surface area contributed by atoms with Crippen LogP contribution >= 0.6 is 11.6 Å². The minimum absolute atomic E-state index is 0.0522. The molecule has 3 rings (SSSR count). The predicted octanol–water partition coefficient (Wildman–Crippen LogP) is 5.72. The number of halogens is 3. The molecule has 184 valence electrons. The maximum absolute atomic E-state index is 14.5. The second kappa shape index (κ2) is 12.5. The van der Waals surface area contributed by atoms with Gasteiger partial charge in [0.25, 0.3) is 0 Å². The Labute approximate surface area is 209 Å². The van der Waals surface area contributed by atoms with Crippen LogP contribution in [0, 0.1) is 11.6 Å². The summed E-state index contributed by atoms with van der Waals surface area (Å²) in [5, 5.41) is 3.12.